The summed E-state index contributed by atoms with van der Waals surface area (Å²) in [4.78, 5) is 27.2. The summed E-state index contributed by atoms with van der Waals surface area (Å²) in [6.07, 6.45) is 6.69. The average Bonchev–Trinajstić information content (AvgIpc) is 2.81. The van der Waals surface area contributed by atoms with Crippen LogP contribution in [0, 0.1) is 6.92 Å². The van der Waals surface area contributed by atoms with Gasteiger partial charge in [0, 0.05) is 44.5 Å². The molecule has 1 fully saturated rings. The van der Waals surface area contributed by atoms with Crippen LogP contribution in [0.4, 0.5) is 5.82 Å². The van der Waals surface area contributed by atoms with Crippen LogP contribution < -0.4 is 4.90 Å². The van der Waals surface area contributed by atoms with E-state index in [9.17, 15) is 4.79 Å². The zero-order valence-electron chi connectivity index (χ0n) is 19.6. The maximum atomic E-state index is 12.9. The fourth-order valence-corrected chi connectivity index (χ4v) is 4.64. The number of unbranched alkanes of at least 4 members (excludes halogenated alkanes) is 3. The highest BCUT2D eigenvalue weighted by atomic mass is 16.5. The first-order valence-electron chi connectivity index (χ1n) is 12.2. The first kappa shape index (κ1) is 22.7. The van der Waals surface area contributed by atoms with Crippen molar-refractivity contribution < 1.29 is 9.53 Å². The number of morpholine rings is 1. The number of aryl methyl sites for hydroxylation is 1. The third kappa shape index (κ3) is 5.66. The standard InChI is InChI=1S/C26H36N4O2/c1-3-4-5-6-10-25(31)30-12-11-23-22(19-30)26(29-13-15-32-16-14-29)28-24(27-23)18-21-9-7-8-20(2)17-21/h7-9,17H,3-6,10-16,18-19H2,1-2H3. The number of carbonyl (C=O) groups excluding carboxylic acids is 1. The third-order valence-electron chi connectivity index (χ3n) is 6.44. The Morgan fingerprint density at radius 2 is 1.94 bits per heavy atom. The Morgan fingerprint density at radius 1 is 1.09 bits per heavy atom. The van der Waals surface area contributed by atoms with Gasteiger partial charge in [-0.2, -0.15) is 0 Å². The molecule has 2 aromatic rings. The fourth-order valence-electron chi connectivity index (χ4n) is 4.64. The molecule has 2 aliphatic rings. The number of hydrogen-bond donors (Lipinski definition) is 0. The SMILES string of the molecule is CCCCCCC(=O)N1CCc2nc(Cc3cccc(C)c3)nc(N3CCOCC3)c2C1. The van der Waals surface area contributed by atoms with Gasteiger partial charge in [-0.1, -0.05) is 56.0 Å². The Kier molecular flexibility index (Phi) is 7.74. The zero-order valence-corrected chi connectivity index (χ0v) is 19.6. The lowest BCUT2D eigenvalue weighted by Crippen LogP contribution is -2.41. The highest BCUT2D eigenvalue weighted by Gasteiger charge is 2.28. The maximum absolute atomic E-state index is 12.9. The molecular weight excluding hydrogens is 400 g/mol. The molecule has 32 heavy (non-hydrogen) atoms. The van der Waals surface area contributed by atoms with E-state index in [-0.39, 0.29) is 5.91 Å². The molecule has 0 unspecified atom stereocenters. The minimum atomic E-state index is 0.267. The number of aromatic nitrogens is 2. The topological polar surface area (TPSA) is 58.6 Å². The molecule has 172 valence electrons. The first-order chi connectivity index (χ1) is 15.6. The summed E-state index contributed by atoms with van der Waals surface area (Å²) in [7, 11) is 0. The number of benzene rings is 1. The summed E-state index contributed by atoms with van der Waals surface area (Å²) in [5.74, 6) is 2.14. The molecule has 0 aliphatic carbocycles. The number of rotatable bonds is 8. The van der Waals surface area contributed by atoms with E-state index in [0.717, 1.165) is 68.2 Å². The largest absolute Gasteiger partial charge is 0.378 e. The maximum Gasteiger partial charge on any atom is 0.222 e. The van der Waals surface area contributed by atoms with Crippen molar-refractivity contribution in [2.45, 2.75) is 65.3 Å². The number of anilines is 1. The molecule has 0 saturated carbocycles. The summed E-state index contributed by atoms with van der Waals surface area (Å²) in [5.41, 5.74) is 4.73. The van der Waals surface area contributed by atoms with Crippen LogP contribution in [0.15, 0.2) is 24.3 Å². The van der Waals surface area contributed by atoms with Crippen molar-refractivity contribution in [3.8, 4) is 0 Å². The lowest BCUT2D eigenvalue weighted by molar-refractivity contribution is -0.132. The Morgan fingerprint density at radius 3 is 2.72 bits per heavy atom. The van der Waals surface area contributed by atoms with E-state index in [1.54, 1.807) is 0 Å². The van der Waals surface area contributed by atoms with Crippen LogP contribution in [0.5, 0.6) is 0 Å². The van der Waals surface area contributed by atoms with E-state index >= 15 is 0 Å². The lowest BCUT2D eigenvalue weighted by atomic mass is 10.0. The molecule has 2 aliphatic heterocycles. The first-order valence-corrected chi connectivity index (χ1v) is 12.2. The smallest absolute Gasteiger partial charge is 0.222 e. The monoisotopic (exact) mass is 436 g/mol. The molecule has 0 atom stereocenters. The average molecular weight is 437 g/mol. The van der Waals surface area contributed by atoms with E-state index < -0.39 is 0 Å². The van der Waals surface area contributed by atoms with Gasteiger partial charge in [-0.05, 0) is 18.9 Å². The van der Waals surface area contributed by atoms with Crippen molar-refractivity contribution >= 4 is 11.7 Å². The third-order valence-corrected chi connectivity index (χ3v) is 6.44. The van der Waals surface area contributed by atoms with Crippen molar-refractivity contribution in [2.24, 2.45) is 0 Å². The van der Waals surface area contributed by atoms with Crippen molar-refractivity contribution in [2.75, 3.05) is 37.7 Å². The minimum absolute atomic E-state index is 0.267. The van der Waals surface area contributed by atoms with E-state index in [1.807, 2.05) is 4.90 Å². The number of carbonyl (C=O) groups is 1. The predicted molar refractivity (Wildman–Crippen MR) is 127 cm³/mol. The molecule has 1 saturated heterocycles. The second-order valence-corrected chi connectivity index (χ2v) is 9.03. The van der Waals surface area contributed by atoms with E-state index in [2.05, 4.69) is 43.0 Å². The number of nitrogens with zero attached hydrogens (tertiary/aromatic N) is 4. The predicted octanol–water partition coefficient (Wildman–Crippen LogP) is 4.07. The summed E-state index contributed by atoms with van der Waals surface area (Å²) < 4.78 is 5.58. The number of fused-ring (bicyclic) bond motifs is 1. The van der Waals surface area contributed by atoms with Gasteiger partial charge in [-0.3, -0.25) is 4.79 Å². The molecule has 0 bridgehead atoms. The van der Waals surface area contributed by atoms with Gasteiger partial charge in [0.15, 0.2) is 0 Å². The summed E-state index contributed by atoms with van der Waals surface area (Å²) >= 11 is 0. The van der Waals surface area contributed by atoms with Gasteiger partial charge in [-0.15, -0.1) is 0 Å². The van der Waals surface area contributed by atoms with Gasteiger partial charge >= 0.3 is 0 Å². The normalized spacial score (nSPS) is 16.2. The van der Waals surface area contributed by atoms with Crippen LogP contribution >= 0.6 is 0 Å². The molecule has 0 spiro atoms. The van der Waals surface area contributed by atoms with Crippen LogP contribution in [0.1, 0.15) is 67.2 Å². The highest BCUT2D eigenvalue weighted by molar-refractivity contribution is 5.76. The summed E-state index contributed by atoms with van der Waals surface area (Å²) in [6.45, 7) is 8.78. The fraction of sp³-hybridized carbons (Fsp3) is 0.577. The Hall–Kier alpha value is -2.47. The van der Waals surface area contributed by atoms with Gasteiger partial charge in [0.2, 0.25) is 5.91 Å². The van der Waals surface area contributed by atoms with Gasteiger partial charge in [0.1, 0.15) is 11.6 Å². The zero-order chi connectivity index (χ0) is 22.3. The lowest BCUT2D eigenvalue weighted by Gasteiger charge is -2.34. The summed E-state index contributed by atoms with van der Waals surface area (Å²) in [5, 5.41) is 0. The quantitative estimate of drug-likeness (QED) is 0.584. The van der Waals surface area contributed by atoms with Crippen LogP contribution in [0.25, 0.3) is 0 Å². The minimum Gasteiger partial charge on any atom is -0.378 e. The molecule has 1 amide bonds. The van der Waals surface area contributed by atoms with Crippen LogP contribution in [-0.2, 0) is 28.9 Å². The van der Waals surface area contributed by atoms with Gasteiger partial charge in [0.25, 0.3) is 0 Å². The Labute approximate surface area is 192 Å². The molecule has 3 heterocycles. The van der Waals surface area contributed by atoms with Gasteiger partial charge in [0.05, 0.1) is 25.5 Å². The number of ether oxygens (including phenoxy) is 1. The Bertz CT molecular complexity index is 924. The van der Waals surface area contributed by atoms with Gasteiger partial charge < -0.3 is 14.5 Å². The molecule has 1 aromatic carbocycles. The molecule has 0 N–H and O–H groups in total. The molecule has 1 aromatic heterocycles. The second kappa shape index (κ2) is 10.9. The molecule has 6 heteroatoms. The van der Waals surface area contributed by atoms with Crippen LogP contribution in [-0.4, -0.2) is 53.6 Å². The summed E-state index contributed by atoms with van der Waals surface area (Å²) in [6, 6.07) is 8.56. The van der Waals surface area contributed by atoms with Crippen molar-refractivity contribution in [1.82, 2.24) is 14.9 Å². The van der Waals surface area contributed by atoms with Crippen molar-refractivity contribution in [3.63, 3.8) is 0 Å². The number of hydrogen-bond acceptors (Lipinski definition) is 5. The molecule has 6 nitrogen and oxygen atoms in total. The van der Waals surface area contributed by atoms with Gasteiger partial charge in [-0.25, -0.2) is 9.97 Å². The molecule has 4 rings (SSSR count). The molecular formula is C26H36N4O2. The molecule has 0 radical (unpaired) electrons. The highest BCUT2D eigenvalue weighted by Crippen LogP contribution is 2.28. The van der Waals surface area contributed by atoms with E-state index in [4.69, 9.17) is 14.7 Å². The second-order valence-electron chi connectivity index (χ2n) is 9.03. The van der Waals surface area contributed by atoms with Crippen LogP contribution in [0.3, 0.4) is 0 Å². The van der Waals surface area contributed by atoms with Crippen molar-refractivity contribution in [3.05, 3.63) is 52.5 Å². The Balaban J connectivity index is 1.56. The number of amides is 1. The van der Waals surface area contributed by atoms with Crippen LogP contribution in [0.2, 0.25) is 0 Å². The van der Waals surface area contributed by atoms with E-state index in [0.29, 0.717) is 26.2 Å². The van der Waals surface area contributed by atoms with Crippen molar-refractivity contribution in [1.29, 1.82) is 0 Å². The van der Waals surface area contributed by atoms with E-state index in [1.165, 1.54) is 24.0 Å².